The SMILES string of the molecule is CN(C)C(=O)CN1CCC(NC(=O)c2ccnnc2)CC1. The molecule has 1 aromatic heterocycles. The summed E-state index contributed by atoms with van der Waals surface area (Å²) in [5.41, 5.74) is 0.523. The lowest BCUT2D eigenvalue weighted by molar-refractivity contribution is -0.130. The topological polar surface area (TPSA) is 78.4 Å². The van der Waals surface area contributed by atoms with E-state index in [1.54, 1.807) is 25.1 Å². The van der Waals surface area contributed by atoms with Gasteiger partial charge >= 0.3 is 0 Å². The second-order valence-corrected chi connectivity index (χ2v) is 5.44. The molecule has 0 unspecified atom stereocenters. The van der Waals surface area contributed by atoms with Crippen molar-refractivity contribution in [2.24, 2.45) is 0 Å². The van der Waals surface area contributed by atoms with Gasteiger partial charge in [0.15, 0.2) is 0 Å². The maximum atomic E-state index is 12.0. The average Bonchev–Trinajstić information content (AvgIpc) is 2.50. The molecule has 0 spiro atoms. The van der Waals surface area contributed by atoms with E-state index in [-0.39, 0.29) is 17.9 Å². The third-order valence-corrected chi connectivity index (χ3v) is 3.63. The quantitative estimate of drug-likeness (QED) is 0.828. The van der Waals surface area contributed by atoms with Crippen molar-refractivity contribution in [3.05, 3.63) is 24.0 Å². The number of aromatic nitrogens is 2. The fourth-order valence-electron chi connectivity index (χ4n) is 2.26. The Hall–Kier alpha value is -2.02. The van der Waals surface area contributed by atoms with E-state index in [9.17, 15) is 9.59 Å². The number of rotatable bonds is 4. The first-order valence-corrected chi connectivity index (χ1v) is 7.06. The maximum absolute atomic E-state index is 12.0. The van der Waals surface area contributed by atoms with Gasteiger partial charge in [-0.05, 0) is 18.9 Å². The molecule has 0 saturated carbocycles. The summed E-state index contributed by atoms with van der Waals surface area (Å²) in [6.07, 6.45) is 4.67. The zero-order valence-electron chi connectivity index (χ0n) is 12.5. The van der Waals surface area contributed by atoms with Gasteiger partial charge in [-0.3, -0.25) is 14.5 Å². The predicted molar refractivity (Wildman–Crippen MR) is 77.7 cm³/mol. The Labute approximate surface area is 124 Å². The molecule has 0 bridgehead atoms. The molecule has 2 heterocycles. The van der Waals surface area contributed by atoms with Crippen molar-refractivity contribution in [3.8, 4) is 0 Å². The standard InChI is InChI=1S/C14H21N5O2/c1-18(2)13(20)10-19-7-4-12(5-8-19)17-14(21)11-3-6-15-16-9-11/h3,6,9,12H,4-5,7-8,10H2,1-2H3,(H,17,21). The monoisotopic (exact) mass is 291 g/mol. The minimum Gasteiger partial charge on any atom is -0.349 e. The molecule has 0 radical (unpaired) electrons. The lowest BCUT2D eigenvalue weighted by atomic mass is 10.0. The number of nitrogens with one attached hydrogen (secondary N) is 1. The Morgan fingerprint density at radius 1 is 1.33 bits per heavy atom. The van der Waals surface area contributed by atoms with Crippen LogP contribution in [-0.2, 0) is 4.79 Å². The van der Waals surface area contributed by atoms with E-state index < -0.39 is 0 Å². The number of carbonyl (C=O) groups excluding carboxylic acids is 2. The number of likely N-dealkylation sites (tertiary alicyclic amines) is 1. The highest BCUT2D eigenvalue weighted by atomic mass is 16.2. The summed E-state index contributed by atoms with van der Waals surface area (Å²) in [4.78, 5) is 27.4. The van der Waals surface area contributed by atoms with E-state index >= 15 is 0 Å². The molecule has 1 aliphatic rings. The summed E-state index contributed by atoms with van der Waals surface area (Å²) >= 11 is 0. The molecular weight excluding hydrogens is 270 g/mol. The molecule has 1 aliphatic heterocycles. The number of carbonyl (C=O) groups is 2. The lowest BCUT2D eigenvalue weighted by Crippen LogP contribution is -2.47. The minimum atomic E-state index is -0.118. The first kappa shape index (κ1) is 15.4. The van der Waals surface area contributed by atoms with Crippen molar-refractivity contribution in [1.82, 2.24) is 25.3 Å². The zero-order chi connectivity index (χ0) is 15.2. The highest BCUT2D eigenvalue weighted by Gasteiger charge is 2.22. The Kier molecular flexibility index (Phi) is 5.21. The van der Waals surface area contributed by atoms with Gasteiger partial charge < -0.3 is 10.2 Å². The summed E-state index contributed by atoms with van der Waals surface area (Å²) in [5.74, 6) is -0.00642. The van der Waals surface area contributed by atoms with Crippen LogP contribution < -0.4 is 5.32 Å². The van der Waals surface area contributed by atoms with Crippen LogP contribution in [0.5, 0.6) is 0 Å². The molecule has 114 valence electrons. The number of piperidine rings is 1. The summed E-state index contributed by atoms with van der Waals surface area (Å²) in [7, 11) is 3.52. The van der Waals surface area contributed by atoms with Gasteiger partial charge in [-0.15, -0.1) is 0 Å². The van der Waals surface area contributed by atoms with E-state index in [4.69, 9.17) is 0 Å². The van der Waals surface area contributed by atoms with Gasteiger partial charge in [-0.1, -0.05) is 0 Å². The first-order chi connectivity index (χ1) is 10.1. The second-order valence-electron chi connectivity index (χ2n) is 5.44. The van der Waals surface area contributed by atoms with E-state index in [2.05, 4.69) is 20.4 Å². The van der Waals surface area contributed by atoms with E-state index in [1.165, 1.54) is 12.4 Å². The molecule has 2 rings (SSSR count). The molecule has 1 N–H and O–H groups in total. The van der Waals surface area contributed by atoms with E-state index in [1.807, 2.05) is 0 Å². The van der Waals surface area contributed by atoms with Crippen molar-refractivity contribution in [3.63, 3.8) is 0 Å². The molecule has 0 atom stereocenters. The van der Waals surface area contributed by atoms with Gasteiger partial charge in [0, 0.05) is 33.2 Å². The van der Waals surface area contributed by atoms with Crippen LogP contribution in [0.15, 0.2) is 18.5 Å². The van der Waals surface area contributed by atoms with Gasteiger partial charge in [0.25, 0.3) is 5.91 Å². The van der Waals surface area contributed by atoms with Crippen LogP contribution in [0.25, 0.3) is 0 Å². The lowest BCUT2D eigenvalue weighted by Gasteiger charge is -2.32. The molecular formula is C14H21N5O2. The van der Waals surface area contributed by atoms with Gasteiger partial charge in [0.1, 0.15) is 0 Å². The third kappa shape index (κ3) is 4.49. The molecule has 0 aromatic carbocycles. The molecule has 1 fully saturated rings. The summed E-state index contributed by atoms with van der Waals surface area (Å²) in [5, 5.41) is 10.4. The zero-order valence-corrected chi connectivity index (χ0v) is 12.5. The molecule has 21 heavy (non-hydrogen) atoms. The van der Waals surface area contributed by atoms with Crippen molar-refractivity contribution >= 4 is 11.8 Å². The van der Waals surface area contributed by atoms with Gasteiger partial charge in [0.05, 0.1) is 24.5 Å². The van der Waals surface area contributed by atoms with Crippen LogP contribution in [0.3, 0.4) is 0 Å². The molecule has 1 aromatic rings. The van der Waals surface area contributed by atoms with Crippen LogP contribution in [0.1, 0.15) is 23.2 Å². The number of amides is 2. The summed E-state index contributed by atoms with van der Waals surface area (Å²) in [6.45, 7) is 2.08. The highest BCUT2D eigenvalue weighted by Crippen LogP contribution is 2.11. The third-order valence-electron chi connectivity index (χ3n) is 3.63. The number of hydrogen-bond acceptors (Lipinski definition) is 5. The molecule has 1 saturated heterocycles. The van der Waals surface area contributed by atoms with Crippen molar-refractivity contribution < 1.29 is 9.59 Å². The van der Waals surface area contributed by atoms with Crippen molar-refractivity contribution in [2.45, 2.75) is 18.9 Å². The molecule has 2 amide bonds. The first-order valence-electron chi connectivity index (χ1n) is 7.06. The van der Waals surface area contributed by atoms with Crippen molar-refractivity contribution in [1.29, 1.82) is 0 Å². The largest absolute Gasteiger partial charge is 0.349 e. The molecule has 7 heteroatoms. The number of hydrogen-bond donors (Lipinski definition) is 1. The molecule has 0 aliphatic carbocycles. The summed E-state index contributed by atoms with van der Waals surface area (Å²) < 4.78 is 0. The predicted octanol–water partition coefficient (Wildman–Crippen LogP) is -0.241. The van der Waals surface area contributed by atoms with Gasteiger partial charge in [-0.2, -0.15) is 10.2 Å². The average molecular weight is 291 g/mol. The Balaban J connectivity index is 1.77. The normalized spacial score (nSPS) is 16.5. The Bertz CT molecular complexity index is 483. The minimum absolute atomic E-state index is 0.111. The van der Waals surface area contributed by atoms with E-state index in [0.717, 1.165) is 25.9 Å². The van der Waals surface area contributed by atoms with Crippen LogP contribution >= 0.6 is 0 Å². The van der Waals surface area contributed by atoms with Gasteiger partial charge in [-0.25, -0.2) is 0 Å². The van der Waals surface area contributed by atoms with Crippen LogP contribution in [0, 0.1) is 0 Å². The Morgan fingerprint density at radius 3 is 2.62 bits per heavy atom. The maximum Gasteiger partial charge on any atom is 0.253 e. The van der Waals surface area contributed by atoms with Crippen LogP contribution in [0.4, 0.5) is 0 Å². The van der Waals surface area contributed by atoms with Crippen LogP contribution in [0.2, 0.25) is 0 Å². The highest BCUT2D eigenvalue weighted by molar-refractivity contribution is 5.93. The number of nitrogens with zero attached hydrogens (tertiary/aromatic N) is 4. The second kappa shape index (κ2) is 7.12. The smallest absolute Gasteiger partial charge is 0.253 e. The summed E-state index contributed by atoms with van der Waals surface area (Å²) in [6, 6.07) is 1.80. The Morgan fingerprint density at radius 2 is 2.05 bits per heavy atom. The fourth-order valence-corrected chi connectivity index (χ4v) is 2.26. The number of likely N-dealkylation sites (N-methyl/N-ethyl adjacent to an activating group) is 1. The fraction of sp³-hybridized carbons (Fsp3) is 0.571. The van der Waals surface area contributed by atoms with Crippen LogP contribution in [-0.4, -0.2) is 71.6 Å². The molecule has 7 nitrogen and oxygen atoms in total. The van der Waals surface area contributed by atoms with Crippen molar-refractivity contribution in [2.75, 3.05) is 33.7 Å². The van der Waals surface area contributed by atoms with E-state index in [0.29, 0.717) is 12.1 Å². The van der Waals surface area contributed by atoms with Gasteiger partial charge in [0.2, 0.25) is 5.91 Å².